The summed E-state index contributed by atoms with van der Waals surface area (Å²) in [7, 11) is 0. The van der Waals surface area contributed by atoms with Crippen LogP contribution >= 0.6 is 0 Å². The number of rotatable bonds is 2. The lowest BCUT2D eigenvalue weighted by molar-refractivity contribution is -0.138. The molecule has 4 nitrogen and oxygen atoms in total. The monoisotopic (exact) mass is 434 g/mol. The van der Waals surface area contributed by atoms with E-state index in [-0.39, 0.29) is 22.5 Å². The van der Waals surface area contributed by atoms with E-state index in [1.165, 1.54) is 36.4 Å². The first-order valence-corrected chi connectivity index (χ1v) is 8.81. The van der Waals surface area contributed by atoms with Crippen LogP contribution in [-0.2, 0) is 12.4 Å². The van der Waals surface area contributed by atoms with Gasteiger partial charge >= 0.3 is 12.4 Å². The quantitative estimate of drug-likeness (QED) is 0.395. The van der Waals surface area contributed by atoms with E-state index in [0.717, 1.165) is 24.4 Å². The zero-order valence-corrected chi connectivity index (χ0v) is 15.5. The maximum atomic E-state index is 13.2. The van der Waals surface area contributed by atoms with Crippen LogP contribution in [0, 0.1) is 0 Å². The summed E-state index contributed by atoms with van der Waals surface area (Å²) in [4.78, 5) is 12.4. The predicted molar refractivity (Wildman–Crippen MR) is 103 cm³/mol. The molecule has 4 aromatic rings. The smallest absolute Gasteiger partial charge is 0.384 e. The van der Waals surface area contributed by atoms with Crippen molar-refractivity contribution >= 4 is 16.7 Å². The average molecular weight is 434 g/mol. The van der Waals surface area contributed by atoms with Crippen molar-refractivity contribution in [3.8, 4) is 22.6 Å². The van der Waals surface area contributed by atoms with Crippen molar-refractivity contribution in [1.29, 1.82) is 0 Å². The van der Waals surface area contributed by atoms with E-state index >= 15 is 0 Å². The summed E-state index contributed by atoms with van der Waals surface area (Å²) in [5.41, 5.74) is 5.35. The van der Waals surface area contributed by atoms with E-state index in [1.54, 1.807) is 0 Å². The predicted octanol–water partition coefficient (Wildman–Crippen LogP) is 5.98. The van der Waals surface area contributed by atoms with E-state index in [2.05, 4.69) is 15.0 Å². The minimum atomic E-state index is -4.53. The van der Waals surface area contributed by atoms with E-state index in [0.29, 0.717) is 16.8 Å². The fourth-order valence-corrected chi connectivity index (χ4v) is 3.11. The normalized spacial score (nSPS) is 12.3. The summed E-state index contributed by atoms with van der Waals surface area (Å²) in [6, 6.07) is 10.7. The van der Waals surface area contributed by atoms with Crippen LogP contribution in [0.25, 0.3) is 33.5 Å². The molecule has 10 heteroatoms. The molecule has 2 N–H and O–H groups in total. The lowest BCUT2D eigenvalue weighted by Gasteiger charge is -2.11. The Labute approximate surface area is 171 Å². The number of benzene rings is 2. The molecule has 4 rings (SSSR count). The Morgan fingerprint density at radius 2 is 1.39 bits per heavy atom. The second kappa shape index (κ2) is 7.22. The van der Waals surface area contributed by atoms with Crippen LogP contribution in [-0.4, -0.2) is 15.0 Å². The number of nitrogens with zero attached hydrogens (tertiary/aromatic N) is 3. The molecule has 0 amide bonds. The van der Waals surface area contributed by atoms with E-state index in [4.69, 9.17) is 5.73 Å². The fourth-order valence-electron chi connectivity index (χ4n) is 3.11. The van der Waals surface area contributed by atoms with Gasteiger partial charge in [0.05, 0.1) is 22.3 Å². The Morgan fingerprint density at radius 1 is 0.710 bits per heavy atom. The van der Waals surface area contributed by atoms with Crippen molar-refractivity contribution in [2.24, 2.45) is 0 Å². The molecule has 0 spiro atoms. The fraction of sp³-hybridized carbons (Fsp3) is 0.0952. The summed E-state index contributed by atoms with van der Waals surface area (Å²) in [6.07, 6.45) is -7.94. The molecule has 0 aliphatic rings. The van der Waals surface area contributed by atoms with Gasteiger partial charge in [0.1, 0.15) is 5.82 Å². The highest BCUT2D eigenvalue weighted by molar-refractivity contribution is 5.87. The third-order valence-electron chi connectivity index (χ3n) is 4.56. The SMILES string of the molecule is Nc1cc(-c2ccc3c(C(F)(F)F)ccnc3c2)nc(-c2ccc(C(F)(F)F)cc2)n1. The van der Waals surface area contributed by atoms with Crippen molar-refractivity contribution in [2.45, 2.75) is 12.4 Å². The average Bonchev–Trinajstić information content (AvgIpc) is 2.71. The Hall–Kier alpha value is -3.69. The number of nitrogen functional groups attached to an aromatic ring is 1. The number of anilines is 1. The van der Waals surface area contributed by atoms with Crippen molar-refractivity contribution in [2.75, 3.05) is 5.73 Å². The van der Waals surface area contributed by atoms with Gasteiger partial charge in [0.25, 0.3) is 0 Å². The molecule has 0 atom stereocenters. The largest absolute Gasteiger partial charge is 0.417 e. The van der Waals surface area contributed by atoms with Gasteiger partial charge in [-0.05, 0) is 24.3 Å². The van der Waals surface area contributed by atoms with Crippen LogP contribution < -0.4 is 5.73 Å². The number of pyridine rings is 1. The molecule has 0 unspecified atom stereocenters. The highest BCUT2D eigenvalue weighted by Crippen LogP contribution is 2.35. The number of hydrogen-bond donors (Lipinski definition) is 1. The highest BCUT2D eigenvalue weighted by atomic mass is 19.4. The Balaban J connectivity index is 1.77. The summed E-state index contributed by atoms with van der Waals surface area (Å²) in [6.45, 7) is 0. The number of hydrogen-bond acceptors (Lipinski definition) is 4. The number of aromatic nitrogens is 3. The summed E-state index contributed by atoms with van der Waals surface area (Å²) >= 11 is 0. The van der Waals surface area contributed by atoms with Crippen molar-refractivity contribution < 1.29 is 26.3 Å². The molecule has 2 aromatic heterocycles. The molecule has 0 radical (unpaired) electrons. The van der Waals surface area contributed by atoms with Gasteiger partial charge in [-0.25, -0.2) is 9.97 Å². The maximum Gasteiger partial charge on any atom is 0.417 e. The zero-order chi connectivity index (χ0) is 22.4. The van der Waals surface area contributed by atoms with E-state index in [9.17, 15) is 26.3 Å². The van der Waals surface area contributed by atoms with Crippen LogP contribution in [0.2, 0.25) is 0 Å². The summed E-state index contributed by atoms with van der Waals surface area (Å²) in [5.74, 6) is 0.137. The Morgan fingerprint density at radius 3 is 2.03 bits per heavy atom. The number of fused-ring (bicyclic) bond motifs is 1. The summed E-state index contributed by atoms with van der Waals surface area (Å²) in [5, 5.41) is -0.0660. The molecule has 2 heterocycles. The molecule has 0 saturated carbocycles. The number of alkyl halides is 6. The first-order chi connectivity index (χ1) is 14.5. The molecule has 0 saturated heterocycles. The molecule has 158 valence electrons. The molecule has 0 aliphatic heterocycles. The molecular weight excluding hydrogens is 422 g/mol. The number of nitrogens with two attached hydrogens (primary N) is 1. The Kier molecular flexibility index (Phi) is 4.79. The van der Waals surface area contributed by atoms with Gasteiger partial charge in [-0.2, -0.15) is 26.3 Å². The topological polar surface area (TPSA) is 64.7 Å². The Bertz CT molecular complexity index is 1260. The van der Waals surface area contributed by atoms with Crippen LogP contribution in [0.15, 0.2) is 60.8 Å². The van der Waals surface area contributed by atoms with Crippen molar-refractivity contribution in [3.63, 3.8) is 0 Å². The van der Waals surface area contributed by atoms with Crippen LogP contribution in [0.4, 0.5) is 32.2 Å². The van der Waals surface area contributed by atoms with Gasteiger partial charge in [0.15, 0.2) is 5.82 Å². The highest BCUT2D eigenvalue weighted by Gasteiger charge is 2.32. The molecular formula is C21H12F6N4. The van der Waals surface area contributed by atoms with E-state index < -0.39 is 23.5 Å². The second-order valence-corrected chi connectivity index (χ2v) is 6.66. The lowest BCUT2D eigenvalue weighted by Crippen LogP contribution is -2.06. The van der Waals surface area contributed by atoms with Gasteiger partial charge in [-0.1, -0.05) is 24.3 Å². The maximum absolute atomic E-state index is 13.2. The van der Waals surface area contributed by atoms with Crippen molar-refractivity contribution in [1.82, 2.24) is 15.0 Å². The zero-order valence-electron chi connectivity index (χ0n) is 15.5. The molecule has 31 heavy (non-hydrogen) atoms. The van der Waals surface area contributed by atoms with Crippen LogP contribution in [0.3, 0.4) is 0 Å². The van der Waals surface area contributed by atoms with Gasteiger partial charge in [0, 0.05) is 28.8 Å². The lowest BCUT2D eigenvalue weighted by atomic mass is 10.0. The minimum absolute atomic E-state index is 0.0528. The number of halogens is 6. The molecule has 0 bridgehead atoms. The first kappa shape index (κ1) is 20.6. The molecule has 0 aliphatic carbocycles. The molecule has 0 fully saturated rings. The standard InChI is InChI=1S/C21H12F6N4/c22-20(23,24)13-4-1-11(2-5-13)19-30-16(10-18(28)31-19)12-3-6-14-15(21(25,26)27)7-8-29-17(14)9-12/h1-10H,(H2,28,30,31). The van der Waals surface area contributed by atoms with Gasteiger partial charge in [-0.15, -0.1) is 0 Å². The van der Waals surface area contributed by atoms with Crippen molar-refractivity contribution in [3.05, 3.63) is 71.9 Å². The van der Waals surface area contributed by atoms with E-state index in [1.807, 2.05) is 0 Å². The minimum Gasteiger partial charge on any atom is -0.384 e. The van der Waals surface area contributed by atoms with Crippen LogP contribution in [0.1, 0.15) is 11.1 Å². The third kappa shape index (κ3) is 4.14. The van der Waals surface area contributed by atoms with Gasteiger partial charge in [0.2, 0.25) is 0 Å². The second-order valence-electron chi connectivity index (χ2n) is 6.66. The molecule has 2 aromatic carbocycles. The summed E-state index contributed by atoms with van der Waals surface area (Å²) < 4.78 is 77.9. The first-order valence-electron chi connectivity index (χ1n) is 8.81. The third-order valence-corrected chi connectivity index (χ3v) is 4.56. The van der Waals surface area contributed by atoms with Gasteiger partial charge < -0.3 is 5.73 Å². The van der Waals surface area contributed by atoms with Gasteiger partial charge in [-0.3, -0.25) is 4.98 Å². The van der Waals surface area contributed by atoms with Crippen LogP contribution in [0.5, 0.6) is 0 Å².